The van der Waals surface area contributed by atoms with Crippen molar-refractivity contribution in [2.24, 2.45) is 0 Å². The molecule has 1 aromatic carbocycles. The normalized spacial score (nSPS) is 33.3. The lowest BCUT2D eigenvalue weighted by molar-refractivity contribution is -0.00268. The standard InChI is InChI=1S/C17H24O4S/c18-17(10-5-11-21-14-6-2-1-3-7-14)12-15-8-4-9-16(13-17)22(15,19)20/h1-3,6-7,15-16,18H,4-5,8-13H2. The number of rotatable bonds is 5. The molecule has 0 aliphatic carbocycles. The second kappa shape index (κ2) is 6.20. The highest BCUT2D eigenvalue weighted by Gasteiger charge is 2.49. The molecule has 2 aliphatic heterocycles. The molecule has 1 aromatic rings. The molecule has 5 heteroatoms. The van der Waals surface area contributed by atoms with Gasteiger partial charge < -0.3 is 9.84 Å². The lowest BCUT2D eigenvalue weighted by atomic mass is 9.82. The predicted molar refractivity (Wildman–Crippen MR) is 85.7 cm³/mol. The number of benzene rings is 1. The van der Waals surface area contributed by atoms with Crippen LogP contribution in [0.3, 0.4) is 0 Å². The van der Waals surface area contributed by atoms with E-state index in [1.165, 1.54) is 0 Å². The van der Waals surface area contributed by atoms with Crippen LogP contribution in [-0.4, -0.2) is 36.2 Å². The molecule has 0 aromatic heterocycles. The third-order valence-electron chi connectivity index (χ3n) is 5.00. The predicted octanol–water partition coefficient (Wildman–Crippen LogP) is 2.71. The van der Waals surface area contributed by atoms with Gasteiger partial charge in [0.1, 0.15) is 5.75 Å². The molecule has 1 N–H and O–H groups in total. The van der Waals surface area contributed by atoms with Crippen LogP contribution in [0.4, 0.5) is 0 Å². The number of fused-ring (bicyclic) bond motifs is 2. The summed E-state index contributed by atoms with van der Waals surface area (Å²) in [4.78, 5) is 0. The van der Waals surface area contributed by atoms with Crippen molar-refractivity contribution in [3.05, 3.63) is 30.3 Å². The van der Waals surface area contributed by atoms with Gasteiger partial charge in [-0.15, -0.1) is 0 Å². The summed E-state index contributed by atoms with van der Waals surface area (Å²) in [6.07, 6.45) is 4.55. The van der Waals surface area contributed by atoms with Crippen LogP contribution < -0.4 is 4.74 Å². The Morgan fingerprint density at radius 2 is 1.77 bits per heavy atom. The van der Waals surface area contributed by atoms with Crippen LogP contribution in [0.25, 0.3) is 0 Å². The Kier molecular flexibility index (Phi) is 4.46. The topological polar surface area (TPSA) is 63.6 Å². The smallest absolute Gasteiger partial charge is 0.156 e. The summed E-state index contributed by atoms with van der Waals surface area (Å²) in [7, 11) is -3.00. The molecule has 0 amide bonds. The highest BCUT2D eigenvalue weighted by atomic mass is 32.2. The molecule has 3 rings (SSSR count). The third-order valence-corrected chi connectivity index (χ3v) is 7.66. The van der Waals surface area contributed by atoms with Gasteiger partial charge in [-0.2, -0.15) is 0 Å². The van der Waals surface area contributed by atoms with Crippen LogP contribution >= 0.6 is 0 Å². The van der Waals surface area contributed by atoms with Gasteiger partial charge in [-0.1, -0.05) is 24.6 Å². The highest BCUT2D eigenvalue weighted by Crippen LogP contribution is 2.43. The Morgan fingerprint density at radius 1 is 1.14 bits per heavy atom. The second-order valence-corrected chi connectivity index (χ2v) is 9.17. The van der Waals surface area contributed by atoms with Gasteiger partial charge >= 0.3 is 0 Å². The third kappa shape index (κ3) is 3.30. The first kappa shape index (κ1) is 15.8. The maximum atomic E-state index is 12.3. The van der Waals surface area contributed by atoms with Crippen LogP contribution in [0.5, 0.6) is 5.75 Å². The van der Waals surface area contributed by atoms with E-state index in [-0.39, 0.29) is 10.5 Å². The van der Waals surface area contributed by atoms with Crippen molar-refractivity contribution in [1.82, 2.24) is 0 Å². The van der Waals surface area contributed by atoms with Gasteiger partial charge in [0.15, 0.2) is 9.84 Å². The minimum absolute atomic E-state index is 0.333. The number of hydrogen-bond acceptors (Lipinski definition) is 4. The number of sulfone groups is 1. The number of ether oxygens (including phenoxy) is 1. The lowest BCUT2D eigenvalue weighted by Gasteiger charge is -2.43. The van der Waals surface area contributed by atoms with Crippen LogP contribution in [0.1, 0.15) is 44.9 Å². The van der Waals surface area contributed by atoms with Crippen molar-refractivity contribution >= 4 is 9.84 Å². The van der Waals surface area contributed by atoms with Crippen LogP contribution in [0.2, 0.25) is 0 Å². The van der Waals surface area contributed by atoms with Gasteiger partial charge in [-0.25, -0.2) is 8.42 Å². The molecule has 2 saturated heterocycles. The fourth-order valence-corrected chi connectivity index (χ4v) is 6.47. The van der Waals surface area contributed by atoms with Crippen molar-refractivity contribution < 1.29 is 18.3 Å². The van der Waals surface area contributed by atoms with E-state index in [2.05, 4.69) is 0 Å². The molecule has 2 heterocycles. The number of hydrogen-bond donors (Lipinski definition) is 1. The van der Waals surface area contributed by atoms with E-state index in [0.29, 0.717) is 38.7 Å². The molecular weight excluding hydrogens is 300 g/mol. The first-order valence-corrected chi connectivity index (χ1v) is 9.73. The van der Waals surface area contributed by atoms with Gasteiger partial charge in [0.2, 0.25) is 0 Å². The zero-order chi connectivity index (χ0) is 15.6. The van der Waals surface area contributed by atoms with E-state index >= 15 is 0 Å². The summed E-state index contributed by atoms with van der Waals surface area (Å²) in [6, 6.07) is 9.61. The van der Waals surface area contributed by atoms with E-state index in [9.17, 15) is 13.5 Å². The van der Waals surface area contributed by atoms with Gasteiger partial charge in [-0.3, -0.25) is 0 Å². The van der Waals surface area contributed by atoms with Crippen molar-refractivity contribution in [3.63, 3.8) is 0 Å². The summed E-state index contributed by atoms with van der Waals surface area (Å²) in [5, 5.41) is 10.1. The first-order valence-electron chi connectivity index (χ1n) is 8.13. The minimum atomic E-state index is -3.00. The van der Waals surface area contributed by atoms with Crippen molar-refractivity contribution in [2.75, 3.05) is 6.61 Å². The Balaban J connectivity index is 1.52. The molecule has 122 valence electrons. The van der Waals surface area contributed by atoms with Gasteiger partial charge in [0.25, 0.3) is 0 Å². The van der Waals surface area contributed by atoms with Crippen LogP contribution in [0, 0.1) is 0 Å². The molecule has 0 radical (unpaired) electrons. The van der Waals surface area contributed by atoms with Gasteiger partial charge in [0.05, 0.1) is 22.7 Å². The zero-order valence-electron chi connectivity index (χ0n) is 12.8. The fourth-order valence-electron chi connectivity index (χ4n) is 3.85. The average molecular weight is 324 g/mol. The monoisotopic (exact) mass is 324 g/mol. The van der Waals surface area contributed by atoms with Crippen molar-refractivity contribution in [2.45, 2.75) is 61.0 Å². The zero-order valence-corrected chi connectivity index (χ0v) is 13.6. The summed E-state index contributed by atoms with van der Waals surface area (Å²) in [5.41, 5.74) is -0.832. The van der Waals surface area contributed by atoms with Crippen molar-refractivity contribution in [3.8, 4) is 5.75 Å². The highest BCUT2D eigenvalue weighted by molar-refractivity contribution is 7.92. The van der Waals surface area contributed by atoms with E-state index < -0.39 is 15.4 Å². The summed E-state index contributed by atoms with van der Waals surface area (Å²) >= 11 is 0. The Labute approximate surface area is 132 Å². The Hall–Kier alpha value is -1.07. The molecule has 2 aliphatic rings. The van der Waals surface area contributed by atoms with E-state index in [0.717, 1.165) is 18.6 Å². The molecule has 2 unspecified atom stereocenters. The molecule has 22 heavy (non-hydrogen) atoms. The minimum Gasteiger partial charge on any atom is -0.494 e. The molecule has 2 fully saturated rings. The SMILES string of the molecule is O=S1(=O)C2CCCC1CC(O)(CCCOc1ccccc1)C2. The fraction of sp³-hybridized carbons (Fsp3) is 0.647. The number of aliphatic hydroxyl groups is 1. The van der Waals surface area contributed by atoms with E-state index in [1.807, 2.05) is 30.3 Å². The summed E-state index contributed by atoms with van der Waals surface area (Å²) in [6.45, 7) is 0.550. The van der Waals surface area contributed by atoms with Gasteiger partial charge in [0, 0.05) is 0 Å². The summed E-state index contributed by atoms with van der Waals surface area (Å²) < 4.78 is 30.2. The molecule has 0 spiro atoms. The molecule has 4 nitrogen and oxygen atoms in total. The molecule has 2 atom stereocenters. The summed E-state index contributed by atoms with van der Waals surface area (Å²) in [5.74, 6) is 0.831. The number of para-hydroxylation sites is 1. The molecular formula is C17H24O4S. The van der Waals surface area contributed by atoms with Gasteiger partial charge in [-0.05, 0) is 50.7 Å². The largest absolute Gasteiger partial charge is 0.494 e. The van der Waals surface area contributed by atoms with Crippen molar-refractivity contribution in [1.29, 1.82) is 0 Å². The van der Waals surface area contributed by atoms with E-state index in [1.54, 1.807) is 0 Å². The Morgan fingerprint density at radius 3 is 2.41 bits per heavy atom. The first-order chi connectivity index (χ1) is 10.5. The maximum absolute atomic E-state index is 12.3. The second-order valence-electron chi connectivity index (χ2n) is 6.66. The van der Waals surface area contributed by atoms with Crippen LogP contribution in [0.15, 0.2) is 30.3 Å². The quantitative estimate of drug-likeness (QED) is 0.846. The molecule has 2 bridgehead atoms. The van der Waals surface area contributed by atoms with E-state index in [4.69, 9.17) is 4.74 Å². The lowest BCUT2D eigenvalue weighted by Crippen LogP contribution is -2.51. The molecule has 0 saturated carbocycles. The van der Waals surface area contributed by atoms with Crippen LogP contribution in [-0.2, 0) is 9.84 Å². The maximum Gasteiger partial charge on any atom is 0.156 e. The average Bonchev–Trinajstić information content (AvgIpc) is 2.47. The Bertz CT molecular complexity index is 576.